The van der Waals surface area contributed by atoms with Gasteiger partial charge in [-0.25, -0.2) is 14.3 Å². The van der Waals surface area contributed by atoms with Crippen LogP contribution in [0.25, 0.3) is 5.52 Å². The Kier molecular flexibility index (Phi) is 7.65. The van der Waals surface area contributed by atoms with Gasteiger partial charge in [-0.15, -0.1) is 0 Å². The van der Waals surface area contributed by atoms with Crippen LogP contribution in [0.2, 0.25) is 0 Å². The van der Waals surface area contributed by atoms with Crippen LogP contribution < -0.4 is 16.0 Å². The third-order valence-corrected chi connectivity index (χ3v) is 5.31. The summed E-state index contributed by atoms with van der Waals surface area (Å²) in [5, 5.41) is 14.0. The maximum atomic E-state index is 12.8. The molecule has 3 rings (SSSR count). The first-order chi connectivity index (χ1) is 15.8. The number of benzene rings is 1. The molecule has 1 aromatic carbocycles. The number of fused-ring (bicyclic) bond motifs is 1. The van der Waals surface area contributed by atoms with E-state index in [1.54, 1.807) is 23.6 Å². The van der Waals surface area contributed by atoms with E-state index in [0.29, 0.717) is 41.2 Å². The molecule has 0 saturated carbocycles. The van der Waals surface area contributed by atoms with Gasteiger partial charge in [-0.2, -0.15) is 5.10 Å². The minimum absolute atomic E-state index is 0.140. The molecule has 0 saturated heterocycles. The number of carbonyl (C=O) groups is 2. The Morgan fingerprint density at radius 3 is 2.61 bits per heavy atom. The van der Waals surface area contributed by atoms with Crippen LogP contribution in [0.3, 0.4) is 0 Å². The Hall–Kier alpha value is -3.46. The van der Waals surface area contributed by atoms with Gasteiger partial charge in [0.2, 0.25) is 0 Å². The second-order valence-electron chi connectivity index (χ2n) is 8.09. The predicted molar refractivity (Wildman–Crippen MR) is 128 cm³/mol. The number of carbonyl (C=O) groups excluding carboxylic acids is 2. The van der Waals surface area contributed by atoms with Crippen LogP contribution in [-0.4, -0.2) is 45.7 Å². The highest BCUT2D eigenvalue weighted by molar-refractivity contribution is 5.98. The maximum absolute atomic E-state index is 12.8. The zero-order chi connectivity index (χ0) is 24.1. The summed E-state index contributed by atoms with van der Waals surface area (Å²) in [5.41, 5.74) is 4.87. The number of rotatable bonds is 9. The first kappa shape index (κ1) is 24.2. The molecule has 1 amide bonds. The highest BCUT2D eigenvalue weighted by atomic mass is 16.5. The van der Waals surface area contributed by atoms with E-state index in [1.807, 2.05) is 40.7 Å². The fraction of sp³-hybridized carbons (Fsp3) is 0.417. The molecule has 176 valence electrons. The van der Waals surface area contributed by atoms with E-state index < -0.39 is 0 Å². The van der Waals surface area contributed by atoms with E-state index >= 15 is 0 Å². The summed E-state index contributed by atoms with van der Waals surface area (Å²) in [6.07, 6.45) is 1.45. The zero-order valence-corrected chi connectivity index (χ0v) is 20.1. The molecule has 0 spiro atoms. The Labute approximate surface area is 193 Å². The summed E-state index contributed by atoms with van der Waals surface area (Å²) in [4.78, 5) is 29.6. The van der Waals surface area contributed by atoms with Crippen molar-refractivity contribution in [2.45, 2.75) is 54.1 Å². The van der Waals surface area contributed by atoms with Crippen molar-refractivity contribution in [2.75, 3.05) is 18.5 Å². The van der Waals surface area contributed by atoms with Crippen molar-refractivity contribution in [3.8, 4) is 0 Å². The normalized spacial score (nSPS) is 11.1. The highest BCUT2D eigenvalue weighted by Crippen LogP contribution is 2.30. The molecule has 0 fully saturated rings. The molecule has 33 heavy (non-hydrogen) atoms. The number of aryl methyl sites for hydroxylation is 2. The van der Waals surface area contributed by atoms with E-state index in [4.69, 9.17) is 4.74 Å². The minimum atomic E-state index is -0.388. The van der Waals surface area contributed by atoms with Crippen LogP contribution in [0, 0.1) is 13.8 Å². The van der Waals surface area contributed by atoms with Gasteiger partial charge in [-0.3, -0.25) is 4.79 Å². The monoisotopic (exact) mass is 452 g/mol. The van der Waals surface area contributed by atoms with Crippen molar-refractivity contribution < 1.29 is 14.3 Å². The van der Waals surface area contributed by atoms with E-state index in [0.717, 1.165) is 16.8 Å². The molecule has 9 heteroatoms. The number of nitrogens with zero attached hydrogens (tertiary/aromatic N) is 3. The van der Waals surface area contributed by atoms with Crippen molar-refractivity contribution in [3.05, 3.63) is 52.5 Å². The highest BCUT2D eigenvalue weighted by Gasteiger charge is 2.25. The van der Waals surface area contributed by atoms with Gasteiger partial charge in [0.1, 0.15) is 11.8 Å². The lowest BCUT2D eigenvalue weighted by atomic mass is 10.1. The number of hydrogen-bond donors (Lipinski definition) is 3. The second-order valence-corrected chi connectivity index (χ2v) is 8.09. The van der Waals surface area contributed by atoms with Gasteiger partial charge in [-0.1, -0.05) is 19.9 Å². The molecular formula is C24H32N6O3. The molecule has 2 aromatic heterocycles. The first-order valence-electron chi connectivity index (χ1n) is 11.2. The van der Waals surface area contributed by atoms with Crippen LogP contribution in [-0.2, 0) is 11.3 Å². The van der Waals surface area contributed by atoms with Crippen LogP contribution in [0.5, 0.6) is 0 Å². The Bertz CT molecular complexity index is 1170. The van der Waals surface area contributed by atoms with Crippen molar-refractivity contribution in [2.24, 2.45) is 0 Å². The molecule has 2 heterocycles. The van der Waals surface area contributed by atoms with E-state index in [-0.39, 0.29) is 24.5 Å². The lowest BCUT2D eigenvalue weighted by Gasteiger charge is -2.13. The molecule has 0 aliphatic rings. The molecule has 0 aliphatic heterocycles. The molecule has 3 aromatic rings. The van der Waals surface area contributed by atoms with E-state index in [9.17, 15) is 9.59 Å². The lowest BCUT2D eigenvalue weighted by molar-refractivity contribution is 0.0524. The number of aromatic nitrogens is 3. The molecule has 0 aliphatic carbocycles. The third kappa shape index (κ3) is 5.14. The summed E-state index contributed by atoms with van der Waals surface area (Å²) >= 11 is 0. The predicted octanol–water partition coefficient (Wildman–Crippen LogP) is 3.51. The first-order valence-corrected chi connectivity index (χ1v) is 11.2. The molecule has 0 atom stereocenters. The van der Waals surface area contributed by atoms with Gasteiger partial charge in [-0.05, 0) is 51.0 Å². The van der Waals surface area contributed by atoms with E-state index in [2.05, 4.69) is 26.0 Å². The summed E-state index contributed by atoms with van der Waals surface area (Å²) < 4.78 is 7.07. The topological polar surface area (TPSA) is 110 Å². The Balaban J connectivity index is 2.12. The van der Waals surface area contributed by atoms with Crippen LogP contribution >= 0.6 is 0 Å². The largest absolute Gasteiger partial charge is 0.462 e. The molecule has 0 radical (unpaired) electrons. The molecule has 9 nitrogen and oxygen atoms in total. The van der Waals surface area contributed by atoms with Gasteiger partial charge < -0.3 is 20.7 Å². The Morgan fingerprint density at radius 1 is 1.18 bits per heavy atom. The number of nitrogens with one attached hydrogen (secondary N) is 3. The summed E-state index contributed by atoms with van der Waals surface area (Å²) in [6, 6.07) is 5.70. The van der Waals surface area contributed by atoms with Crippen LogP contribution in [0.1, 0.15) is 65.2 Å². The number of amides is 1. The lowest BCUT2D eigenvalue weighted by Crippen LogP contribution is -2.24. The van der Waals surface area contributed by atoms with Gasteiger partial charge >= 0.3 is 5.97 Å². The number of anilines is 2. The summed E-state index contributed by atoms with van der Waals surface area (Å²) in [7, 11) is 0. The van der Waals surface area contributed by atoms with Gasteiger partial charge in [0.15, 0.2) is 5.82 Å². The zero-order valence-electron chi connectivity index (χ0n) is 20.1. The smallest absolute Gasteiger partial charge is 0.340 e. The van der Waals surface area contributed by atoms with Gasteiger partial charge in [0, 0.05) is 30.4 Å². The molecule has 3 N–H and O–H groups in total. The standard InChI is InChI=1S/C24H32N6O3/c1-7-25-23(31)17-10-9-15(5)18(11-17)29-22-21-16(6)20(24(32)33-8-2)19(12-26-14(3)4)30(21)28-13-27-22/h9-11,13-14,26H,7-8,12H2,1-6H3,(H,25,31)(H,27,28,29). The van der Waals surface area contributed by atoms with Crippen LogP contribution in [0.4, 0.5) is 11.5 Å². The quantitative estimate of drug-likeness (QED) is 0.426. The van der Waals surface area contributed by atoms with Crippen molar-refractivity contribution in [1.82, 2.24) is 25.2 Å². The van der Waals surface area contributed by atoms with Crippen LogP contribution in [0.15, 0.2) is 24.5 Å². The average Bonchev–Trinajstić information content (AvgIpc) is 3.06. The number of hydrogen-bond acceptors (Lipinski definition) is 7. The van der Waals surface area contributed by atoms with Crippen molar-refractivity contribution in [3.63, 3.8) is 0 Å². The summed E-state index contributed by atoms with van der Waals surface area (Å²) in [6.45, 7) is 12.8. The fourth-order valence-electron chi connectivity index (χ4n) is 3.65. The molecule has 0 bridgehead atoms. The Morgan fingerprint density at radius 2 is 1.94 bits per heavy atom. The molecule has 0 unspecified atom stereocenters. The van der Waals surface area contributed by atoms with Gasteiger partial charge in [0.05, 0.1) is 17.9 Å². The second kappa shape index (κ2) is 10.4. The van der Waals surface area contributed by atoms with E-state index in [1.165, 1.54) is 6.33 Å². The minimum Gasteiger partial charge on any atom is -0.462 e. The van der Waals surface area contributed by atoms with Crippen molar-refractivity contribution in [1.29, 1.82) is 0 Å². The maximum Gasteiger partial charge on any atom is 0.340 e. The third-order valence-electron chi connectivity index (χ3n) is 5.31. The van der Waals surface area contributed by atoms with Crippen molar-refractivity contribution >= 4 is 28.9 Å². The van der Waals surface area contributed by atoms with Gasteiger partial charge in [0.25, 0.3) is 5.91 Å². The number of ether oxygens (including phenoxy) is 1. The molecular weight excluding hydrogens is 420 g/mol. The SMILES string of the molecule is CCNC(=O)c1ccc(C)c(Nc2ncnn3c(CNC(C)C)c(C(=O)OCC)c(C)c23)c1. The fourth-order valence-corrected chi connectivity index (χ4v) is 3.65. The number of esters is 1. The average molecular weight is 453 g/mol. The summed E-state index contributed by atoms with van der Waals surface area (Å²) in [5.74, 6) is 0.0142.